The van der Waals surface area contributed by atoms with E-state index in [1.165, 1.54) is 0 Å². The highest BCUT2D eigenvalue weighted by Gasteiger charge is 2.15. The number of hydrogen-bond donors (Lipinski definition) is 0. The first-order valence-electron chi connectivity index (χ1n) is 4.98. The minimum atomic E-state index is -0.438. The molecule has 16 heavy (non-hydrogen) atoms. The van der Waals surface area contributed by atoms with Gasteiger partial charge in [0.05, 0.1) is 25.0 Å². The van der Waals surface area contributed by atoms with Gasteiger partial charge in [0, 0.05) is 4.47 Å². The summed E-state index contributed by atoms with van der Waals surface area (Å²) in [6, 6.07) is 9.48. The van der Waals surface area contributed by atoms with Crippen LogP contribution >= 0.6 is 15.9 Å². The fraction of sp³-hybridized carbons (Fsp3) is 0.333. The number of benzene rings is 1. The molecule has 0 aromatic heterocycles. The van der Waals surface area contributed by atoms with Gasteiger partial charge >= 0.3 is 5.97 Å². The van der Waals surface area contributed by atoms with E-state index in [4.69, 9.17) is 10.00 Å². The lowest BCUT2D eigenvalue weighted by atomic mass is 9.97. The number of ether oxygens (including phenoxy) is 1. The molecule has 0 heterocycles. The van der Waals surface area contributed by atoms with Crippen LogP contribution < -0.4 is 0 Å². The summed E-state index contributed by atoms with van der Waals surface area (Å²) >= 11 is 3.32. The van der Waals surface area contributed by atoms with Crippen molar-refractivity contribution in [1.82, 2.24) is 0 Å². The lowest BCUT2D eigenvalue weighted by Crippen LogP contribution is -2.09. The number of halogens is 1. The van der Waals surface area contributed by atoms with E-state index in [-0.39, 0.29) is 12.4 Å². The Hall–Kier alpha value is -1.34. The SMILES string of the molecule is CCOC(=O)CC(C#N)c1ccc(Br)cc1. The lowest BCUT2D eigenvalue weighted by Gasteiger charge is -2.08. The fourth-order valence-electron chi connectivity index (χ4n) is 1.32. The zero-order valence-electron chi connectivity index (χ0n) is 8.94. The molecule has 1 aromatic carbocycles. The second kappa shape index (κ2) is 6.29. The van der Waals surface area contributed by atoms with E-state index in [1.54, 1.807) is 6.92 Å². The maximum atomic E-state index is 11.3. The summed E-state index contributed by atoms with van der Waals surface area (Å²) in [5, 5.41) is 9.00. The zero-order chi connectivity index (χ0) is 12.0. The number of carbonyl (C=O) groups excluding carboxylic acids is 1. The minimum Gasteiger partial charge on any atom is -0.466 e. The van der Waals surface area contributed by atoms with Crippen LogP contribution in [0.25, 0.3) is 0 Å². The van der Waals surface area contributed by atoms with E-state index in [2.05, 4.69) is 22.0 Å². The van der Waals surface area contributed by atoms with Crippen molar-refractivity contribution in [3.8, 4) is 6.07 Å². The first-order chi connectivity index (χ1) is 7.67. The highest BCUT2D eigenvalue weighted by atomic mass is 79.9. The molecule has 0 saturated carbocycles. The van der Waals surface area contributed by atoms with E-state index in [9.17, 15) is 4.79 Å². The molecule has 1 aromatic rings. The average molecular weight is 282 g/mol. The number of nitrogens with zero attached hydrogens (tertiary/aromatic N) is 1. The average Bonchev–Trinajstić information content (AvgIpc) is 2.27. The molecule has 1 unspecified atom stereocenters. The predicted molar refractivity (Wildman–Crippen MR) is 63.7 cm³/mol. The minimum absolute atomic E-state index is 0.103. The molecule has 1 atom stereocenters. The Morgan fingerprint density at radius 1 is 1.50 bits per heavy atom. The zero-order valence-corrected chi connectivity index (χ0v) is 10.5. The largest absolute Gasteiger partial charge is 0.466 e. The van der Waals surface area contributed by atoms with Gasteiger partial charge in [-0.25, -0.2) is 0 Å². The Balaban J connectivity index is 2.72. The van der Waals surface area contributed by atoms with Crippen molar-refractivity contribution in [2.24, 2.45) is 0 Å². The van der Waals surface area contributed by atoms with Crippen LogP contribution in [0.15, 0.2) is 28.7 Å². The molecule has 0 bridgehead atoms. The van der Waals surface area contributed by atoms with Crippen molar-refractivity contribution in [3.05, 3.63) is 34.3 Å². The topological polar surface area (TPSA) is 50.1 Å². The third-order valence-corrected chi connectivity index (χ3v) is 2.63. The standard InChI is InChI=1S/C12H12BrNO2/c1-2-16-12(15)7-10(8-14)9-3-5-11(13)6-4-9/h3-6,10H,2,7H2,1H3. The Morgan fingerprint density at radius 3 is 2.62 bits per heavy atom. The predicted octanol–water partition coefficient (Wildman–Crippen LogP) is 3.01. The normalized spacial score (nSPS) is 11.6. The van der Waals surface area contributed by atoms with Gasteiger partial charge in [-0.2, -0.15) is 5.26 Å². The van der Waals surface area contributed by atoms with Crippen molar-refractivity contribution in [2.45, 2.75) is 19.3 Å². The first-order valence-corrected chi connectivity index (χ1v) is 5.77. The molecule has 3 nitrogen and oxygen atoms in total. The summed E-state index contributed by atoms with van der Waals surface area (Å²) in [6.45, 7) is 2.09. The van der Waals surface area contributed by atoms with Crippen molar-refractivity contribution in [3.63, 3.8) is 0 Å². The van der Waals surface area contributed by atoms with Gasteiger partial charge in [0.15, 0.2) is 0 Å². The summed E-state index contributed by atoms with van der Waals surface area (Å²) in [4.78, 5) is 11.3. The summed E-state index contributed by atoms with van der Waals surface area (Å²) < 4.78 is 5.77. The number of carbonyl (C=O) groups is 1. The van der Waals surface area contributed by atoms with Crippen LogP contribution in [-0.4, -0.2) is 12.6 Å². The fourth-order valence-corrected chi connectivity index (χ4v) is 1.58. The molecular formula is C12H12BrNO2. The molecule has 0 spiro atoms. The number of esters is 1. The Bertz CT molecular complexity index is 394. The molecule has 0 fully saturated rings. The van der Waals surface area contributed by atoms with Gasteiger partial charge in [-0.3, -0.25) is 4.79 Å². The first kappa shape index (κ1) is 12.7. The third-order valence-electron chi connectivity index (χ3n) is 2.10. The highest BCUT2D eigenvalue weighted by molar-refractivity contribution is 9.10. The Kier molecular flexibility index (Phi) is 5.00. The van der Waals surface area contributed by atoms with Gasteiger partial charge in [-0.1, -0.05) is 28.1 Å². The molecule has 84 valence electrons. The van der Waals surface area contributed by atoms with E-state index in [1.807, 2.05) is 24.3 Å². The number of nitriles is 1. The molecule has 4 heteroatoms. The van der Waals surface area contributed by atoms with E-state index in [0.717, 1.165) is 10.0 Å². The van der Waals surface area contributed by atoms with Gasteiger partial charge in [0.25, 0.3) is 0 Å². The molecule has 0 aliphatic heterocycles. The summed E-state index contributed by atoms with van der Waals surface area (Å²) in [5.74, 6) is -0.774. The smallest absolute Gasteiger partial charge is 0.307 e. The van der Waals surface area contributed by atoms with Crippen molar-refractivity contribution in [2.75, 3.05) is 6.61 Å². The van der Waals surface area contributed by atoms with Gasteiger partial charge in [0.1, 0.15) is 0 Å². The Morgan fingerprint density at radius 2 is 2.12 bits per heavy atom. The van der Waals surface area contributed by atoms with Gasteiger partial charge < -0.3 is 4.74 Å². The molecule has 0 aliphatic carbocycles. The van der Waals surface area contributed by atoms with Crippen molar-refractivity contribution < 1.29 is 9.53 Å². The molecule has 0 saturated heterocycles. The molecule has 0 amide bonds. The monoisotopic (exact) mass is 281 g/mol. The maximum Gasteiger partial charge on any atom is 0.307 e. The lowest BCUT2D eigenvalue weighted by molar-refractivity contribution is -0.143. The van der Waals surface area contributed by atoms with E-state index >= 15 is 0 Å². The van der Waals surface area contributed by atoms with E-state index < -0.39 is 5.92 Å². The maximum absolute atomic E-state index is 11.3. The second-order valence-corrected chi connectivity index (χ2v) is 4.16. The molecule has 1 rings (SSSR count). The van der Waals surface area contributed by atoms with Crippen LogP contribution in [0.5, 0.6) is 0 Å². The molecule has 0 radical (unpaired) electrons. The molecular weight excluding hydrogens is 270 g/mol. The number of rotatable bonds is 4. The van der Waals surface area contributed by atoms with Crippen LogP contribution in [0.3, 0.4) is 0 Å². The van der Waals surface area contributed by atoms with Gasteiger partial charge in [0.2, 0.25) is 0 Å². The third kappa shape index (κ3) is 3.67. The van der Waals surface area contributed by atoms with Crippen LogP contribution in [-0.2, 0) is 9.53 Å². The summed E-state index contributed by atoms with van der Waals surface area (Å²) in [5.41, 5.74) is 0.832. The quantitative estimate of drug-likeness (QED) is 0.797. The number of hydrogen-bond acceptors (Lipinski definition) is 3. The van der Waals surface area contributed by atoms with Crippen LogP contribution in [0, 0.1) is 11.3 Å². The molecule has 0 N–H and O–H groups in total. The van der Waals surface area contributed by atoms with Gasteiger partial charge in [-0.05, 0) is 24.6 Å². The second-order valence-electron chi connectivity index (χ2n) is 3.24. The van der Waals surface area contributed by atoms with Crippen LogP contribution in [0.2, 0.25) is 0 Å². The van der Waals surface area contributed by atoms with Crippen LogP contribution in [0.4, 0.5) is 0 Å². The summed E-state index contributed by atoms with van der Waals surface area (Å²) in [6.07, 6.45) is 0.103. The Labute approximate surface area is 103 Å². The summed E-state index contributed by atoms with van der Waals surface area (Å²) in [7, 11) is 0. The van der Waals surface area contributed by atoms with Crippen molar-refractivity contribution in [1.29, 1.82) is 5.26 Å². The molecule has 0 aliphatic rings. The highest BCUT2D eigenvalue weighted by Crippen LogP contribution is 2.21. The van der Waals surface area contributed by atoms with Crippen molar-refractivity contribution >= 4 is 21.9 Å². The van der Waals surface area contributed by atoms with Gasteiger partial charge in [-0.15, -0.1) is 0 Å². The van der Waals surface area contributed by atoms with Crippen LogP contribution in [0.1, 0.15) is 24.8 Å². The van der Waals surface area contributed by atoms with E-state index in [0.29, 0.717) is 6.61 Å².